The molecule has 2 aromatic rings. The fourth-order valence-electron chi connectivity index (χ4n) is 1.89. The van der Waals surface area contributed by atoms with Crippen LogP contribution >= 0.6 is 31.9 Å². The van der Waals surface area contributed by atoms with Crippen LogP contribution < -0.4 is 4.90 Å². The number of benzene rings is 1. The maximum atomic E-state index is 4.65. The van der Waals surface area contributed by atoms with E-state index in [1.165, 1.54) is 5.56 Å². The van der Waals surface area contributed by atoms with E-state index in [1.807, 2.05) is 13.0 Å². The molecule has 0 aliphatic carbocycles. The molecule has 0 amide bonds. The summed E-state index contributed by atoms with van der Waals surface area (Å²) in [6.07, 6.45) is 0. The van der Waals surface area contributed by atoms with Crippen LogP contribution in [0.2, 0.25) is 0 Å². The number of alkyl halides is 1. The van der Waals surface area contributed by atoms with Gasteiger partial charge in [0.25, 0.3) is 0 Å². The number of aromatic nitrogens is 1. The average Bonchev–Trinajstić information content (AvgIpc) is 2.43. The highest BCUT2D eigenvalue weighted by Gasteiger charge is 2.09. The molecule has 0 saturated heterocycles. The van der Waals surface area contributed by atoms with E-state index < -0.39 is 0 Å². The summed E-state index contributed by atoms with van der Waals surface area (Å²) in [4.78, 5) is 6.93. The number of rotatable bonds is 5. The monoisotopic (exact) mass is 382 g/mol. The van der Waals surface area contributed by atoms with Gasteiger partial charge in [0.05, 0.1) is 5.69 Å². The molecule has 0 fully saturated rings. The van der Waals surface area contributed by atoms with Gasteiger partial charge in [0, 0.05) is 22.9 Å². The minimum Gasteiger partial charge on any atom is -0.351 e. The van der Waals surface area contributed by atoms with Crippen LogP contribution in [0.5, 0.6) is 0 Å². The second-order valence-corrected chi connectivity index (χ2v) is 5.98. The van der Waals surface area contributed by atoms with E-state index in [0.717, 1.165) is 34.4 Å². The third kappa shape index (κ3) is 4.05. The van der Waals surface area contributed by atoms with Gasteiger partial charge >= 0.3 is 0 Å². The van der Waals surface area contributed by atoms with Crippen LogP contribution in [0.3, 0.4) is 0 Å². The van der Waals surface area contributed by atoms with Crippen LogP contribution in [-0.4, -0.2) is 16.9 Å². The quantitative estimate of drug-likeness (QED) is 0.704. The van der Waals surface area contributed by atoms with E-state index in [0.29, 0.717) is 0 Å². The van der Waals surface area contributed by atoms with Gasteiger partial charge in [-0.05, 0) is 40.5 Å². The first-order valence-electron chi connectivity index (χ1n) is 6.18. The number of pyridine rings is 1. The number of halogens is 2. The standard InChI is InChI=1S/C15H16Br2N2/c1-12-14(17)7-8-15(18-12)19(10-9-16)11-13-5-3-2-4-6-13/h2-8H,9-11H2,1H3. The minimum atomic E-state index is 0.876. The Hall–Kier alpha value is -0.870. The third-order valence-corrected chi connectivity index (χ3v) is 4.09. The van der Waals surface area contributed by atoms with E-state index in [1.54, 1.807) is 0 Å². The Balaban J connectivity index is 2.21. The van der Waals surface area contributed by atoms with Crippen molar-refractivity contribution in [1.82, 2.24) is 4.98 Å². The van der Waals surface area contributed by atoms with Crippen molar-refractivity contribution in [3.8, 4) is 0 Å². The second-order valence-electron chi connectivity index (χ2n) is 4.33. The summed E-state index contributed by atoms with van der Waals surface area (Å²) >= 11 is 7.01. The normalized spacial score (nSPS) is 10.5. The highest BCUT2D eigenvalue weighted by Crippen LogP contribution is 2.20. The molecule has 1 heterocycles. The summed E-state index contributed by atoms with van der Waals surface area (Å²) in [5.41, 5.74) is 2.32. The van der Waals surface area contributed by atoms with E-state index in [2.05, 4.69) is 78.1 Å². The van der Waals surface area contributed by atoms with Crippen LogP contribution in [0, 0.1) is 6.92 Å². The van der Waals surface area contributed by atoms with Crippen LogP contribution in [0.1, 0.15) is 11.3 Å². The van der Waals surface area contributed by atoms with E-state index in [4.69, 9.17) is 0 Å². The second kappa shape index (κ2) is 7.06. The minimum absolute atomic E-state index is 0.876. The first-order chi connectivity index (χ1) is 9.20. The summed E-state index contributed by atoms with van der Waals surface area (Å²) in [5.74, 6) is 1.02. The van der Waals surface area contributed by atoms with Crippen LogP contribution in [-0.2, 0) is 6.54 Å². The molecule has 0 atom stereocenters. The van der Waals surface area contributed by atoms with Gasteiger partial charge in [-0.25, -0.2) is 4.98 Å². The number of aryl methyl sites for hydroxylation is 1. The van der Waals surface area contributed by atoms with Crippen LogP contribution in [0.15, 0.2) is 46.9 Å². The Kier molecular flexibility index (Phi) is 5.40. The molecule has 1 aromatic carbocycles. The predicted octanol–water partition coefficient (Wildman–Crippen LogP) is 4.55. The molecular weight excluding hydrogens is 368 g/mol. The molecule has 0 N–H and O–H groups in total. The van der Waals surface area contributed by atoms with Crippen molar-refractivity contribution in [2.75, 3.05) is 16.8 Å². The van der Waals surface area contributed by atoms with Crippen molar-refractivity contribution in [2.45, 2.75) is 13.5 Å². The first-order valence-corrected chi connectivity index (χ1v) is 8.10. The maximum Gasteiger partial charge on any atom is 0.129 e. The van der Waals surface area contributed by atoms with Gasteiger partial charge < -0.3 is 4.90 Å². The lowest BCUT2D eigenvalue weighted by molar-refractivity contribution is 0.817. The topological polar surface area (TPSA) is 16.1 Å². The number of hydrogen-bond acceptors (Lipinski definition) is 2. The molecule has 4 heteroatoms. The SMILES string of the molecule is Cc1nc(N(CCBr)Cc2ccccc2)ccc1Br. The summed E-state index contributed by atoms with van der Waals surface area (Å²) < 4.78 is 1.05. The molecule has 19 heavy (non-hydrogen) atoms. The first kappa shape index (κ1) is 14.5. The van der Waals surface area contributed by atoms with Crippen LogP contribution in [0.25, 0.3) is 0 Å². The largest absolute Gasteiger partial charge is 0.351 e. The number of anilines is 1. The Morgan fingerprint density at radius 3 is 2.47 bits per heavy atom. The molecule has 0 aliphatic rings. The molecule has 0 unspecified atom stereocenters. The molecule has 0 aliphatic heterocycles. The van der Waals surface area contributed by atoms with Gasteiger partial charge in [0.15, 0.2) is 0 Å². The van der Waals surface area contributed by atoms with Gasteiger partial charge in [-0.3, -0.25) is 0 Å². The Morgan fingerprint density at radius 2 is 1.84 bits per heavy atom. The van der Waals surface area contributed by atoms with Gasteiger partial charge in [-0.1, -0.05) is 46.3 Å². The average molecular weight is 384 g/mol. The summed E-state index contributed by atoms with van der Waals surface area (Å²) in [7, 11) is 0. The van der Waals surface area contributed by atoms with Gasteiger partial charge in [-0.15, -0.1) is 0 Å². The summed E-state index contributed by atoms with van der Waals surface area (Å²) in [5, 5.41) is 0.927. The van der Waals surface area contributed by atoms with Crippen molar-refractivity contribution >= 4 is 37.7 Å². The zero-order valence-electron chi connectivity index (χ0n) is 10.8. The fraction of sp³-hybridized carbons (Fsp3) is 0.267. The molecule has 1 aromatic heterocycles. The highest BCUT2D eigenvalue weighted by atomic mass is 79.9. The summed E-state index contributed by atoms with van der Waals surface area (Å²) in [6.45, 7) is 3.83. The van der Waals surface area contributed by atoms with Gasteiger partial charge in [0.1, 0.15) is 5.82 Å². The fourth-order valence-corrected chi connectivity index (χ4v) is 2.54. The molecule has 0 radical (unpaired) electrons. The van der Waals surface area contributed by atoms with Gasteiger partial charge in [-0.2, -0.15) is 0 Å². The lowest BCUT2D eigenvalue weighted by Crippen LogP contribution is -2.25. The van der Waals surface area contributed by atoms with Crippen molar-refractivity contribution < 1.29 is 0 Å². The van der Waals surface area contributed by atoms with E-state index in [9.17, 15) is 0 Å². The highest BCUT2D eigenvalue weighted by molar-refractivity contribution is 9.10. The van der Waals surface area contributed by atoms with Crippen molar-refractivity contribution in [3.63, 3.8) is 0 Å². The molecule has 2 rings (SSSR count). The Bertz CT molecular complexity index is 529. The molecule has 0 saturated carbocycles. The smallest absolute Gasteiger partial charge is 0.129 e. The van der Waals surface area contributed by atoms with Crippen LogP contribution in [0.4, 0.5) is 5.82 Å². The van der Waals surface area contributed by atoms with E-state index >= 15 is 0 Å². The summed E-state index contributed by atoms with van der Waals surface area (Å²) in [6, 6.07) is 14.6. The number of hydrogen-bond donors (Lipinski definition) is 0. The number of nitrogens with zero attached hydrogens (tertiary/aromatic N) is 2. The lowest BCUT2D eigenvalue weighted by atomic mass is 10.2. The Morgan fingerprint density at radius 1 is 1.11 bits per heavy atom. The molecular formula is C15H16Br2N2. The van der Waals surface area contributed by atoms with Crippen molar-refractivity contribution in [2.24, 2.45) is 0 Å². The maximum absolute atomic E-state index is 4.65. The molecule has 0 bridgehead atoms. The van der Waals surface area contributed by atoms with E-state index in [-0.39, 0.29) is 0 Å². The predicted molar refractivity (Wildman–Crippen MR) is 88.0 cm³/mol. The zero-order valence-corrected chi connectivity index (χ0v) is 14.0. The Labute approximate surface area is 131 Å². The zero-order chi connectivity index (χ0) is 13.7. The van der Waals surface area contributed by atoms with Crippen molar-refractivity contribution in [3.05, 3.63) is 58.2 Å². The van der Waals surface area contributed by atoms with Crippen molar-refractivity contribution in [1.29, 1.82) is 0 Å². The molecule has 100 valence electrons. The lowest BCUT2D eigenvalue weighted by Gasteiger charge is -2.23. The molecule has 0 spiro atoms. The molecule has 2 nitrogen and oxygen atoms in total. The van der Waals surface area contributed by atoms with Gasteiger partial charge in [0.2, 0.25) is 0 Å². The third-order valence-electron chi connectivity index (χ3n) is 2.90.